The SMILES string of the molecule is Cc1c(Cl)ncnc1Sc1ccc(F)cc1F. The number of nitrogens with zero attached hydrogens (tertiary/aromatic N) is 2. The lowest BCUT2D eigenvalue weighted by Crippen LogP contribution is -1.91. The molecule has 0 amide bonds. The first kappa shape index (κ1) is 12.3. The summed E-state index contributed by atoms with van der Waals surface area (Å²) in [4.78, 5) is 8.11. The molecule has 0 atom stereocenters. The summed E-state index contributed by atoms with van der Waals surface area (Å²) in [5.74, 6) is -1.23. The van der Waals surface area contributed by atoms with Crippen LogP contribution >= 0.6 is 23.4 Å². The van der Waals surface area contributed by atoms with E-state index in [-0.39, 0.29) is 0 Å². The molecule has 0 unspecified atom stereocenters. The molecule has 0 bridgehead atoms. The lowest BCUT2D eigenvalue weighted by molar-refractivity contribution is 0.565. The van der Waals surface area contributed by atoms with Crippen molar-refractivity contribution in [2.24, 2.45) is 0 Å². The minimum absolute atomic E-state index is 0.296. The molecule has 2 aromatic rings. The van der Waals surface area contributed by atoms with Crippen LogP contribution in [0.5, 0.6) is 0 Å². The lowest BCUT2D eigenvalue weighted by atomic mass is 10.3. The van der Waals surface area contributed by atoms with Crippen molar-refractivity contribution in [2.75, 3.05) is 0 Å². The number of hydrogen-bond acceptors (Lipinski definition) is 3. The Morgan fingerprint density at radius 1 is 1.24 bits per heavy atom. The zero-order chi connectivity index (χ0) is 12.4. The third-order valence-electron chi connectivity index (χ3n) is 2.08. The van der Waals surface area contributed by atoms with Crippen molar-refractivity contribution in [3.05, 3.63) is 46.9 Å². The third kappa shape index (κ3) is 2.73. The first-order valence-electron chi connectivity index (χ1n) is 4.68. The number of benzene rings is 1. The second-order valence-corrected chi connectivity index (χ2v) is 4.66. The average Bonchev–Trinajstić information content (AvgIpc) is 2.28. The molecule has 0 aliphatic rings. The van der Waals surface area contributed by atoms with Crippen molar-refractivity contribution in [1.29, 1.82) is 0 Å². The first-order chi connectivity index (χ1) is 8.08. The van der Waals surface area contributed by atoms with Crippen molar-refractivity contribution >= 4 is 23.4 Å². The Morgan fingerprint density at radius 3 is 2.71 bits per heavy atom. The van der Waals surface area contributed by atoms with Crippen molar-refractivity contribution < 1.29 is 8.78 Å². The van der Waals surface area contributed by atoms with Gasteiger partial charge in [-0.05, 0) is 19.1 Å². The summed E-state index contributed by atoms with van der Waals surface area (Å²) in [7, 11) is 0. The van der Waals surface area contributed by atoms with Crippen LogP contribution in [0.25, 0.3) is 0 Å². The molecule has 0 N–H and O–H groups in total. The molecule has 1 aromatic carbocycles. The Balaban J connectivity index is 2.35. The maximum Gasteiger partial charge on any atom is 0.140 e. The fourth-order valence-corrected chi connectivity index (χ4v) is 2.22. The highest BCUT2D eigenvalue weighted by Gasteiger charge is 2.10. The molecule has 0 saturated heterocycles. The molecule has 0 radical (unpaired) electrons. The van der Waals surface area contributed by atoms with Gasteiger partial charge in [0.1, 0.15) is 28.1 Å². The zero-order valence-corrected chi connectivity index (χ0v) is 10.3. The standard InChI is InChI=1S/C11H7ClF2N2S/c1-6-10(12)15-5-16-11(6)17-9-3-2-7(13)4-8(9)14/h2-5H,1H3. The van der Waals surface area contributed by atoms with Gasteiger partial charge in [0.05, 0.1) is 0 Å². The Kier molecular flexibility index (Phi) is 3.59. The monoisotopic (exact) mass is 272 g/mol. The van der Waals surface area contributed by atoms with Crippen LogP contribution in [0.4, 0.5) is 8.78 Å². The lowest BCUT2D eigenvalue weighted by Gasteiger charge is -2.05. The van der Waals surface area contributed by atoms with Crippen LogP contribution in [0.2, 0.25) is 5.15 Å². The maximum atomic E-state index is 13.4. The van der Waals surface area contributed by atoms with Gasteiger partial charge in [-0.25, -0.2) is 18.7 Å². The van der Waals surface area contributed by atoms with Crippen LogP contribution in [-0.2, 0) is 0 Å². The first-order valence-corrected chi connectivity index (χ1v) is 5.87. The summed E-state index contributed by atoms with van der Waals surface area (Å²) in [6, 6.07) is 3.40. The van der Waals surface area contributed by atoms with Gasteiger partial charge in [0.2, 0.25) is 0 Å². The molecular weight excluding hydrogens is 266 g/mol. The summed E-state index contributed by atoms with van der Waals surface area (Å²) in [6.45, 7) is 1.74. The molecule has 17 heavy (non-hydrogen) atoms. The summed E-state index contributed by atoms with van der Waals surface area (Å²) >= 11 is 6.91. The fourth-order valence-electron chi connectivity index (χ4n) is 1.18. The maximum absolute atomic E-state index is 13.4. The molecule has 0 saturated carbocycles. The van der Waals surface area contributed by atoms with Gasteiger partial charge >= 0.3 is 0 Å². The summed E-state index contributed by atoms with van der Waals surface area (Å²) in [5, 5.41) is 0.875. The van der Waals surface area contributed by atoms with Crippen molar-refractivity contribution in [2.45, 2.75) is 16.8 Å². The van der Waals surface area contributed by atoms with Gasteiger partial charge in [-0.15, -0.1) is 0 Å². The van der Waals surface area contributed by atoms with E-state index >= 15 is 0 Å². The molecular formula is C11H7ClF2N2S. The van der Waals surface area contributed by atoms with Crippen LogP contribution in [-0.4, -0.2) is 9.97 Å². The number of halogens is 3. The molecule has 0 fully saturated rings. The molecule has 1 aromatic heterocycles. The van der Waals surface area contributed by atoms with Gasteiger partial charge < -0.3 is 0 Å². The van der Waals surface area contributed by atoms with E-state index < -0.39 is 11.6 Å². The highest BCUT2D eigenvalue weighted by Crippen LogP contribution is 2.32. The summed E-state index contributed by atoms with van der Waals surface area (Å²) in [6.07, 6.45) is 1.30. The van der Waals surface area contributed by atoms with Gasteiger partial charge in [0, 0.05) is 16.5 Å². The molecule has 0 aliphatic heterocycles. The predicted octanol–water partition coefficient (Wildman–Crippen LogP) is 3.87. The van der Waals surface area contributed by atoms with Crippen LogP contribution in [0.15, 0.2) is 34.4 Å². The van der Waals surface area contributed by atoms with Crippen LogP contribution in [0.1, 0.15) is 5.56 Å². The highest BCUT2D eigenvalue weighted by atomic mass is 35.5. The summed E-state index contributed by atoms with van der Waals surface area (Å²) < 4.78 is 26.2. The smallest absolute Gasteiger partial charge is 0.140 e. The fraction of sp³-hybridized carbons (Fsp3) is 0.0909. The molecule has 6 heteroatoms. The van der Waals surface area contributed by atoms with E-state index in [0.717, 1.165) is 17.8 Å². The van der Waals surface area contributed by atoms with Gasteiger partial charge in [-0.3, -0.25) is 0 Å². The number of aromatic nitrogens is 2. The van der Waals surface area contributed by atoms with E-state index in [4.69, 9.17) is 11.6 Å². The Labute approximate surface area is 106 Å². The Bertz CT molecular complexity index is 563. The van der Waals surface area contributed by atoms with Crippen LogP contribution in [0.3, 0.4) is 0 Å². The van der Waals surface area contributed by atoms with Crippen molar-refractivity contribution in [3.63, 3.8) is 0 Å². The third-order valence-corrected chi connectivity index (χ3v) is 3.61. The minimum atomic E-state index is -0.621. The van der Waals surface area contributed by atoms with E-state index in [1.807, 2.05) is 0 Å². The van der Waals surface area contributed by atoms with E-state index in [1.54, 1.807) is 6.92 Å². The molecule has 0 spiro atoms. The van der Waals surface area contributed by atoms with Crippen LogP contribution < -0.4 is 0 Å². The Hall–Kier alpha value is -1.20. The highest BCUT2D eigenvalue weighted by molar-refractivity contribution is 7.99. The quantitative estimate of drug-likeness (QED) is 0.776. The predicted molar refractivity (Wildman–Crippen MR) is 62.3 cm³/mol. The molecule has 1 heterocycles. The average molecular weight is 273 g/mol. The minimum Gasteiger partial charge on any atom is -0.229 e. The molecule has 0 aliphatic carbocycles. The second-order valence-electron chi connectivity index (χ2n) is 3.27. The normalized spacial score (nSPS) is 10.6. The largest absolute Gasteiger partial charge is 0.229 e. The van der Waals surface area contributed by atoms with E-state index in [2.05, 4.69) is 9.97 Å². The van der Waals surface area contributed by atoms with Gasteiger partial charge in [-0.1, -0.05) is 23.4 Å². The van der Waals surface area contributed by atoms with Gasteiger partial charge in [-0.2, -0.15) is 0 Å². The molecule has 2 rings (SSSR count). The molecule has 88 valence electrons. The second kappa shape index (κ2) is 4.98. The summed E-state index contributed by atoms with van der Waals surface area (Å²) in [5.41, 5.74) is 0.669. The van der Waals surface area contributed by atoms with E-state index in [0.29, 0.717) is 20.6 Å². The van der Waals surface area contributed by atoms with Crippen molar-refractivity contribution in [3.8, 4) is 0 Å². The van der Waals surface area contributed by atoms with E-state index in [9.17, 15) is 8.78 Å². The number of hydrogen-bond donors (Lipinski definition) is 0. The zero-order valence-electron chi connectivity index (χ0n) is 8.75. The number of rotatable bonds is 2. The van der Waals surface area contributed by atoms with Gasteiger partial charge in [0.15, 0.2) is 0 Å². The van der Waals surface area contributed by atoms with E-state index in [1.165, 1.54) is 18.5 Å². The van der Waals surface area contributed by atoms with Crippen molar-refractivity contribution in [1.82, 2.24) is 9.97 Å². The van der Waals surface area contributed by atoms with Gasteiger partial charge in [0.25, 0.3) is 0 Å². The van der Waals surface area contributed by atoms with Crippen LogP contribution in [0, 0.1) is 18.6 Å². The topological polar surface area (TPSA) is 25.8 Å². The molecule has 2 nitrogen and oxygen atoms in total. The Morgan fingerprint density at radius 2 is 2.00 bits per heavy atom.